The van der Waals surface area contributed by atoms with Gasteiger partial charge >= 0.3 is 0 Å². The lowest BCUT2D eigenvalue weighted by molar-refractivity contribution is 0.602. The van der Waals surface area contributed by atoms with Gasteiger partial charge in [-0.25, -0.2) is 8.78 Å². The van der Waals surface area contributed by atoms with E-state index in [4.69, 9.17) is 0 Å². The summed E-state index contributed by atoms with van der Waals surface area (Å²) in [5.74, 6) is -1.31. The first-order valence-corrected chi connectivity index (χ1v) is 3.39. The van der Waals surface area contributed by atoms with Crippen LogP contribution in [-0.4, -0.2) is 4.21 Å². The molecule has 0 aliphatic rings. The lowest BCUT2D eigenvalue weighted by Crippen LogP contribution is -1.77. The van der Waals surface area contributed by atoms with Gasteiger partial charge in [-0.05, 0) is 12.1 Å². The molecule has 0 amide bonds. The monoisotopic (exact) mass is 175 g/mol. The summed E-state index contributed by atoms with van der Waals surface area (Å²) in [5.41, 5.74) is -0.259. The summed E-state index contributed by atoms with van der Waals surface area (Å²) in [6.07, 6.45) is 0. The molecule has 0 atom stereocenters. The van der Waals surface area contributed by atoms with Crippen LogP contribution >= 0.6 is 0 Å². The second-order valence-electron chi connectivity index (χ2n) is 1.76. The van der Waals surface area contributed by atoms with Crippen molar-refractivity contribution in [1.29, 1.82) is 0 Å². The average Bonchev–Trinajstić information content (AvgIpc) is 1.98. The van der Waals surface area contributed by atoms with Crippen LogP contribution < -0.4 is 0 Å². The number of halogens is 2. The Bertz CT molecular complexity index is 322. The molecule has 0 aromatic heterocycles. The SMILES string of the molecule is O=S=Nc1cc(F)ccc1F. The molecule has 0 radical (unpaired) electrons. The summed E-state index contributed by atoms with van der Waals surface area (Å²) in [6, 6.07) is 2.74. The van der Waals surface area contributed by atoms with E-state index in [9.17, 15) is 13.0 Å². The van der Waals surface area contributed by atoms with Gasteiger partial charge in [-0.3, -0.25) is 0 Å². The van der Waals surface area contributed by atoms with Crippen molar-refractivity contribution in [3.05, 3.63) is 29.8 Å². The minimum absolute atomic E-state index is 0.154. The smallest absolute Gasteiger partial charge is 0.205 e. The second-order valence-corrected chi connectivity index (χ2v) is 2.09. The molecule has 1 aromatic rings. The Morgan fingerprint density at radius 2 is 2.09 bits per heavy atom. The van der Waals surface area contributed by atoms with Crippen LogP contribution in [0.2, 0.25) is 0 Å². The molecule has 0 fully saturated rings. The Morgan fingerprint density at radius 3 is 2.73 bits per heavy atom. The van der Waals surface area contributed by atoms with E-state index in [-0.39, 0.29) is 17.2 Å². The highest BCUT2D eigenvalue weighted by molar-refractivity contribution is 7.54. The maximum atomic E-state index is 12.5. The highest BCUT2D eigenvalue weighted by Gasteiger charge is 2.00. The van der Waals surface area contributed by atoms with Crippen LogP contribution in [0.3, 0.4) is 0 Å². The first-order chi connectivity index (χ1) is 5.24. The van der Waals surface area contributed by atoms with Crippen molar-refractivity contribution in [3.63, 3.8) is 0 Å². The third-order valence-corrected chi connectivity index (χ3v) is 1.32. The van der Waals surface area contributed by atoms with Gasteiger partial charge in [0, 0.05) is 6.07 Å². The normalized spacial score (nSPS) is 9.27. The molecule has 5 heteroatoms. The molecular weight excluding hydrogens is 172 g/mol. The number of nitrogens with zero attached hydrogens (tertiary/aromatic N) is 1. The summed E-state index contributed by atoms with van der Waals surface area (Å²) in [6.45, 7) is 0. The maximum Gasteiger partial charge on any atom is 0.205 e. The minimum atomic E-state index is -0.699. The Morgan fingerprint density at radius 1 is 1.36 bits per heavy atom. The van der Waals surface area contributed by atoms with Crippen molar-refractivity contribution in [3.8, 4) is 0 Å². The Kier molecular flexibility index (Phi) is 2.43. The van der Waals surface area contributed by atoms with Gasteiger partial charge < -0.3 is 0 Å². The number of benzene rings is 1. The number of hydrogen-bond acceptors (Lipinski definition) is 2. The van der Waals surface area contributed by atoms with Crippen LogP contribution in [0.1, 0.15) is 0 Å². The van der Waals surface area contributed by atoms with E-state index >= 15 is 0 Å². The van der Waals surface area contributed by atoms with Crippen LogP contribution in [0.15, 0.2) is 22.6 Å². The highest BCUT2D eigenvalue weighted by Crippen LogP contribution is 2.17. The zero-order valence-corrected chi connectivity index (χ0v) is 6.07. The molecular formula is C6H3F2NOS. The summed E-state index contributed by atoms with van der Waals surface area (Å²) < 4.78 is 37.8. The molecule has 0 saturated carbocycles. The molecule has 0 aliphatic heterocycles. The van der Waals surface area contributed by atoms with Gasteiger partial charge in [-0.15, -0.1) is 0 Å². The Hall–Kier alpha value is -1.10. The standard InChI is InChI=1S/C6H3F2NOS/c7-4-1-2-5(8)6(3-4)9-11-10/h1-3H. The summed E-state index contributed by atoms with van der Waals surface area (Å²) in [4.78, 5) is 0. The van der Waals surface area contributed by atoms with Crippen molar-refractivity contribution in [1.82, 2.24) is 0 Å². The minimum Gasteiger partial charge on any atom is -0.207 e. The fourth-order valence-corrected chi connectivity index (χ4v) is 0.816. The second kappa shape index (κ2) is 3.34. The Labute approximate surface area is 65.1 Å². The van der Waals surface area contributed by atoms with Crippen molar-refractivity contribution < 1.29 is 13.0 Å². The molecule has 11 heavy (non-hydrogen) atoms. The number of rotatable bonds is 1. The quantitative estimate of drug-likeness (QED) is 0.641. The molecule has 0 saturated heterocycles. The lowest BCUT2D eigenvalue weighted by Gasteiger charge is -1.91. The van der Waals surface area contributed by atoms with Crippen LogP contribution in [-0.2, 0) is 11.5 Å². The Balaban J connectivity index is 3.22. The molecule has 2 nitrogen and oxygen atoms in total. The molecule has 0 bridgehead atoms. The fourth-order valence-electron chi connectivity index (χ4n) is 0.596. The van der Waals surface area contributed by atoms with Gasteiger partial charge in [0.15, 0.2) is 0 Å². The largest absolute Gasteiger partial charge is 0.207 e. The zero-order chi connectivity index (χ0) is 8.27. The van der Waals surface area contributed by atoms with Gasteiger partial charge in [-0.2, -0.15) is 8.57 Å². The fraction of sp³-hybridized carbons (Fsp3) is 0. The average molecular weight is 175 g/mol. The predicted octanol–water partition coefficient (Wildman–Crippen LogP) is 1.99. The van der Waals surface area contributed by atoms with Gasteiger partial charge in [-0.1, -0.05) is 0 Å². The topological polar surface area (TPSA) is 29.4 Å². The van der Waals surface area contributed by atoms with Crippen LogP contribution in [0, 0.1) is 11.6 Å². The molecule has 0 N–H and O–H groups in total. The van der Waals surface area contributed by atoms with E-state index in [0.717, 1.165) is 18.2 Å². The lowest BCUT2D eigenvalue weighted by atomic mass is 10.3. The third-order valence-electron chi connectivity index (χ3n) is 1.04. The van der Waals surface area contributed by atoms with Crippen molar-refractivity contribution in [2.45, 2.75) is 0 Å². The van der Waals surface area contributed by atoms with E-state index in [1.165, 1.54) is 0 Å². The molecule has 58 valence electrons. The van der Waals surface area contributed by atoms with E-state index in [2.05, 4.69) is 4.36 Å². The number of hydrogen-bond donors (Lipinski definition) is 0. The molecule has 0 spiro atoms. The highest BCUT2D eigenvalue weighted by atomic mass is 32.1. The zero-order valence-electron chi connectivity index (χ0n) is 5.25. The van der Waals surface area contributed by atoms with Gasteiger partial charge in [0.05, 0.1) is 0 Å². The maximum absolute atomic E-state index is 12.5. The molecule has 1 aromatic carbocycles. The third kappa shape index (κ3) is 1.91. The van der Waals surface area contributed by atoms with Crippen LogP contribution in [0.25, 0.3) is 0 Å². The van der Waals surface area contributed by atoms with Gasteiger partial charge in [0.25, 0.3) is 0 Å². The summed E-state index contributed by atoms with van der Waals surface area (Å²) >= 11 is -0.154. The summed E-state index contributed by atoms with van der Waals surface area (Å²) in [5, 5.41) is 0. The van der Waals surface area contributed by atoms with Crippen molar-refractivity contribution in [2.24, 2.45) is 4.36 Å². The van der Waals surface area contributed by atoms with Gasteiger partial charge in [0.1, 0.15) is 17.3 Å². The predicted molar refractivity (Wildman–Crippen MR) is 36.6 cm³/mol. The first kappa shape index (κ1) is 8.00. The summed E-state index contributed by atoms with van der Waals surface area (Å²) in [7, 11) is 0. The van der Waals surface area contributed by atoms with E-state index in [0.29, 0.717) is 0 Å². The molecule has 0 heterocycles. The van der Waals surface area contributed by atoms with E-state index < -0.39 is 11.6 Å². The van der Waals surface area contributed by atoms with Crippen molar-refractivity contribution >= 4 is 17.2 Å². The molecule has 1 rings (SSSR count). The van der Waals surface area contributed by atoms with Gasteiger partial charge in [0.2, 0.25) is 11.5 Å². The molecule has 0 aliphatic carbocycles. The van der Waals surface area contributed by atoms with E-state index in [1.54, 1.807) is 0 Å². The van der Waals surface area contributed by atoms with Crippen LogP contribution in [0.4, 0.5) is 14.5 Å². The van der Waals surface area contributed by atoms with Crippen molar-refractivity contribution in [2.75, 3.05) is 0 Å². The first-order valence-electron chi connectivity index (χ1n) is 2.69. The van der Waals surface area contributed by atoms with E-state index in [1.807, 2.05) is 0 Å². The molecule has 0 unspecified atom stereocenters. The van der Waals surface area contributed by atoms with Crippen LogP contribution in [0.5, 0.6) is 0 Å².